The summed E-state index contributed by atoms with van der Waals surface area (Å²) in [5, 5.41) is 7.96. The highest BCUT2D eigenvalue weighted by Gasteiger charge is 2.08. The molecule has 2 heterocycles. The minimum atomic E-state index is 0.811. The van der Waals surface area contributed by atoms with Crippen molar-refractivity contribution < 1.29 is 0 Å². The van der Waals surface area contributed by atoms with Gasteiger partial charge in [0.05, 0.1) is 5.69 Å². The van der Waals surface area contributed by atoms with E-state index in [2.05, 4.69) is 15.3 Å². The minimum Gasteiger partial charge on any atom is -0.376 e. The molecular formula is C8H11N5. The van der Waals surface area contributed by atoms with Crippen molar-refractivity contribution in [3.8, 4) is 0 Å². The first-order valence-corrected chi connectivity index (χ1v) is 4.02. The van der Waals surface area contributed by atoms with E-state index in [1.165, 1.54) is 0 Å². The number of hydrogen-bond donors (Lipinski definition) is 0. The Bertz CT molecular complexity index is 431. The summed E-state index contributed by atoms with van der Waals surface area (Å²) in [5.41, 5.74) is 2.69. The predicted molar refractivity (Wildman–Crippen MR) is 50.6 cm³/mol. The highest BCUT2D eigenvalue weighted by molar-refractivity contribution is 5.84. The van der Waals surface area contributed by atoms with Crippen molar-refractivity contribution >= 4 is 16.9 Å². The van der Waals surface area contributed by atoms with E-state index in [0.29, 0.717) is 0 Å². The van der Waals surface area contributed by atoms with Gasteiger partial charge in [-0.1, -0.05) is 5.21 Å². The maximum Gasteiger partial charge on any atom is 0.180 e. The summed E-state index contributed by atoms with van der Waals surface area (Å²) in [7, 11) is 5.79. The zero-order valence-electron chi connectivity index (χ0n) is 7.89. The summed E-state index contributed by atoms with van der Waals surface area (Å²) >= 11 is 0. The molecular weight excluding hydrogens is 166 g/mol. The van der Waals surface area contributed by atoms with Gasteiger partial charge < -0.3 is 4.90 Å². The molecule has 0 aliphatic heterocycles. The second kappa shape index (κ2) is 2.69. The lowest BCUT2D eigenvalue weighted by Crippen LogP contribution is -2.09. The quantitative estimate of drug-likeness (QED) is 0.633. The van der Waals surface area contributed by atoms with Crippen LogP contribution in [0.3, 0.4) is 0 Å². The van der Waals surface area contributed by atoms with Crippen LogP contribution in [0.15, 0.2) is 12.3 Å². The average Bonchev–Trinajstić information content (AvgIpc) is 2.48. The first-order valence-electron chi connectivity index (χ1n) is 4.02. The van der Waals surface area contributed by atoms with Gasteiger partial charge in [-0.15, -0.1) is 5.10 Å². The van der Waals surface area contributed by atoms with Crippen LogP contribution in [-0.4, -0.2) is 34.1 Å². The largest absolute Gasteiger partial charge is 0.376 e. The molecule has 2 aromatic rings. The van der Waals surface area contributed by atoms with Crippen molar-refractivity contribution in [2.45, 2.75) is 0 Å². The fourth-order valence-electron chi connectivity index (χ4n) is 1.28. The Morgan fingerprint density at radius 3 is 2.85 bits per heavy atom. The van der Waals surface area contributed by atoms with E-state index in [0.717, 1.165) is 16.9 Å². The molecule has 0 N–H and O–H groups in total. The van der Waals surface area contributed by atoms with Gasteiger partial charge in [-0.05, 0) is 6.07 Å². The Morgan fingerprint density at radius 2 is 2.15 bits per heavy atom. The molecule has 0 unspecified atom stereocenters. The van der Waals surface area contributed by atoms with Gasteiger partial charge in [-0.25, -0.2) is 9.67 Å². The molecule has 0 fully saturated rings. The van der Waals surface area contributed by atoms with E-state index in [1.807, 2.05) is 32.1 Å². The summed E-state index contributed by atoms with van der Waals surface area (Å²) in [6.45, 7) is 0. The maximum absolute atomic E-state index is 4.20. The van der Waals surface area contributed by atoms with Gasteiger partial charge in [0.1, 0.15) is 0 Å². The Hall–Kier alpha value is -1.65. The van der Waals surface area contributed by atoms with Gasteiger partial charge in [0.2, 0.25) is 0 Å². The summed E-state index contributed by atoms with van der Waals surface area (Å²) in [4.78, 5) is 6.19. The SMILES string of the molecule is CN(C)c1ccnc2c1nnn2C. The molecule has 68 valence electrons. The first kappa shape index (κ1) is 7.97. The molecule has 0 aliphatic carbocycles. The van der Waals surface area contributed by atoms with Crippen LogP contribution in [0.5, 0.6) is 0 Å². The van der Waals surface area contributed by atoms with Crippen molar-refractivity contribution in [2.75, 3.05) is 19.0 Å². The van der Waals surface area contributed by atoms with Crippen molar-refractivity contribution in [2.24, 2.45) is 7.05 Å². The van der Waals surface area contributed by atoms with Crippen LogP contribution in [0.25, 0.3) is 11.2 Å². The number of aromatic nitrogens is 4. The van der Waals surface area contributed by atoms with Gasteiger partial charge in [0, 0.05) is 27.3 Å². The smallest absolute Gasteiger partial charge is 0.180 e. The molecule has 0 aromatic carbocycles. The van der Waals surface area contributed by atoms with E-state index in [-0.39, 0.29) is 0 Å². The third-order valence-corrected chi connectivity index (χ3v) is 1.95. The highest BCUT2D eigenvalue weighted by Crippen LogP contribution is 2.19. The molecule has 2 aromatic heterocycles. The van der Waals surface area contributed by atoms with E-state index >= 15 is 0 Å². The molecule has 0 saturated carbocycles. The van der Waals surface area contributed by atoms with Crippen LogP contribution in [0.1, 0.15) is 0 Å². The van der Waals surface area contributed by atoms with Crippen LogP contribution in [0.4, 0.5) is 5.69 Å². The molecule has 0 radical (unpaired) electrons. The van der Waals surface area contributed by atoms with Crippen LogP contribution in [0, 0.1) is 0 Å². The zero-order valence-corrected chi connectivity index (χ0v) is 7.89. The minimum absolute atomic E-state index is 0.811. The van der Waals surface area contributed by atoms with E-state index in [9.17, 15) is 0 Å². The predicted octanol–water partition coefficient (Wildman–Crippen LogP) is 0.429. The Balaban J connectivity index is 2.77. The standard InChI is InChI=1S/C8H11N5/c1-12(2)6-4-5-9-8-7(6)10-11-13(8)3/h4-5H,1-3H3. The normalized spacial score (nSPS) is 10.7. The second-order valence-electron chi connectivity index (χ2n) is 3.11. The van der Waals surface area contributed by atoms with E-state index in [1.54, 1.807) is 10.9 Å². The number of rotatable bonds is 1. The van der Waals surface area contributed by atoms with Crippen molar-refractivity contribution in [1.82, 2.24) is 20.0 Å². The third kappa shape index (κ3) is 1.12. The average molecular weight is 177 g/mol. The summed E-state index contributed by atoms with van der Waals surface area (Å²) < 4.78 is 1.67. The molecule has 0 saturated heterocycles. The molecule has 0 spiro atoms. The lowest BCUT2D eigenvalue weighted by atomic mass is 10.3. The number of aryl methyl sites for hydroxylation is 1. The molecule has 0 amide bonds. The molecule has 0 aliphatic rings. The molecule has 5 heteroatoms. The molecule has 2 rings (SSSR count). The van der Waals surface area contributed by atoms with Crippen LogP contribution < -0.4 is 4.90 Å². The fourth-order valence-corrected chi connectivity index (χ4v) is 1.28. The summed E-state index contributed by atoms with van der Waals surface area (Å²) in [6, 6.07) is 1.93. The number of pyridine rings is 1. The van der Waals surface area contributed by atoms with Crippen LogP contribution in [-0.2, 0) is 7.05 Å². The fraction of sp³-hybridized carbons (Fsp3) is 0.375. The zero-order chi connectivity index (χ0) is 9.42. The van der Waals surface area contributed by atoms with E-state index in [4.69, 9.17) is 0 Å². The number of hydrogen-bond acceptors (Lipinski definition) is 4. The van der Waals surface area contributed by atoms with Crippen molar-refractivity contribution in [3.05, 3.63) is 12.3 Å². The Kier molecular flexibility index (Phi) is 1.65. The summed E-state index contributed by atoms with van der Waals surface area (Å²) in [6.07, 6.45) is 1.76. The van der Waals surface area contributed by atoms with Gasteiger partial charge in [-0.2, -0.15) is 0 Å². The topological polar surface area (TPSA) is 46.8 Å². The lowest BCUT2D eigenvalue weighted by molar-refractivity contribution is 0.730. The number of anilines is 1. The van der Waals surface area contributed by atoms with Crippen LogP contribution >= 0.6 is 0 Å². The van der Waals surface area contributed by atoms with Gasteiger partial charge in [0.15, 0.2) is 11.2 Å². The second-order valence-corrected chi connectivity index (χ2v) is 3.11. The molecule has 5 nitrogen and oxygen atoms in total. The molecule has 0 bridgehead atoms. The van der Waals surface area contributed by atoms with Gasteiger partial charge in [-0.3, -0.25) is 0 Å². The van der Waals surface area contributed by atoms with Crippen molar-refractivity contribution in [3.63, 3.8) is 0 Å². The highest BCUT2D eigenvalue weighted by atomic mass is 15.4. The van der Waals surface area contributed by atoms with Crippen LogP contribution in [0.2, 0.25) is 0 Å². The third-order valence-electron chi connectivity index (χ3n) is 1.95. The monoisotopic (exact) mass is 177 g/mol. The van der Waals surface area contributed by atoms with Gasteiger partial charge in [0.25, 0.3) is 0 Å². The van der Waals surface area contributed by atoms with Gasteiger partial charge >= 0.3 is 0 Å². The number of fused-ring (bicyclic) bond motifs is 1. The molecule has 13 heavy (non-hydrogen) atoms. The van der Waals surface area contributed by atoms with E-state index < -0.39 is 0 Å². The maximum atomic E-state index is 4.20. The Morgan fingerprint density at radius 1 is 1.38 bits per heavy atom. The summed E-state index contributed by atoms with van der Waals surface area (Å²) in [5.74, 6) is 0. The first-order chi connectivity index (χ1) is 6.20. The molecule has 0 atom stereocenters. The van der Waals surface area contributed by atoms with Crippen molar-refractivity contribution in [1.29, 1.82) is 0 Å². The lowest BCUT2D eigenvalue weighted by Gasteiger charge is -2.11. The number of nitrogens with zero attached hydrogens (tertiary/aromatic N) is 5. The Labute approximate surface area is 76.0 Å².